The minimum absolute atomic E-state index is 0.0254. The van der Waals surface area contributed by atoms with Crippen molar-refractivity contribution in [2.24, 2.45) is 5.92 Å². The molecule has 0 aromatic heterocycles. The molecule has 1 aromatic rings. The van der Waals surface area contributed by atoms with E-state index in [-0.39, 0.29) is 17.9 Å². The second-order valence-corrected chi connectivity index (χ2v) is 5.81. The molecular weight excluding hydrogens is 285 g/mol. The third-order valence-corrected chi connectivity index (χ3v) is 4.41. The molecule has 1 heterocycles. The quantitative estimate of drug-likeness (QED) is 0.911. The second-order valence-electron chi connectivity index (χ2n) is 5.00. The van der Waals surface area contributed by atoms with E-state index in [1.165, 1.54) is 0 Å². The zero-order chi connectivity index (χ0) is 14.0. The molecule has 1 fully saturated rings. The van der Waals surface area contributed by atoms with Crippen LogP contribution in [0.4, 0.5) is 0 Å². The van der Waals surface area contributed by atoms with Crippen LogP contribution < -0.4 is 0 Å². The Morgan fingerprint density at radius 3 is 2.47 bits per heavy atom. The van der Waals surface area contributed by atoms with Gasteiger partial charge in [-0.25, -0.2) is 0 Å². The fraction of sp³-hybridized carbons (Fsp3) is 0.500. The van der Waals surface area contributed by atoms with Crippen LogP contribution in [0.3, 0.4) is 0 Å². The maximum atomic E-state index is 12.3. The Balaban J connectivity index is 2.03. The molecule has 1 saturated heterocycles. The number of rotatable bonds is 2. The van der Waals surface area contributed by atoms with E-state index in [9.17, 15) is 9.90 Å². The van der Waals surface area contributed by atoms with Crippen molar-refractivity contribution in [2.75, 3.05) is 13.1 Å². The molecular formula is C14H17Cl2NO2. The van der Waals surface area contributed by atoms with Gasteiger partial charge >= 0.3 is 0 Å². The number of piperidine rings is 1. The molecule has 1 atom stereocenters. The number of benzene rings is 1. The second kappa shape index (κ2) is 6.12. The molecule has 2 rings (SSSR count). The molecule has 1 aromatic carbocycles. The van der Waals surface area contributed by atoms with Crippen LogP contribution >= 0.6 is 23.2 Å². The van der Waals surface area contributed by atoms with Crippen LogP contribution in [0.25, 0.3) is 0 Å². The van der Waals surface area contributed by atoms with Crippen LogP contribution in [0.1, 0.15) is 30.1 Å². The first-order valence-corrected chi connectivity index (χ1v) is 7.17. The van der Waals surface area contributed by atoms with E-state index in [4.69, 9.17) is 23.2 Å². The Hall–Kier alpha value is -0.770. The summed E-state index contributed by atoms with van der Waals surface area (Å²) in [4.78, 5) is 14.1. The van der Waals surface area contributed by atoms with Crippen molar-refractivity contribution in [1.82, 2.24) is 4.90 Å². The lowest BCUT2D eigenvalue weighted by molar-refractivity contribution is 0.0521. The first-order valence-electron chi connectivity index (χ1n) is 6.41. The van der Waals surface area contributed by atoms with Gasteiger partial charge in [-0.2, -0.15) is 0 Å². The monoisotopic (exact) mass is 301 g/mol. The van der Waals surface area contributed by atoms with E-state index in [1.54, 1.807) is 30.0 Å². The van der Waals surface area contributed by atoms with Gasteiger partial charge in [-0.15, -0.1) is 0 Å². The van der Waals surface area contributed by atoms with Crippen LogP contribution in [-0.4, -0.2) is 35.1 Å². The lowest BCUT2D eigenvalue weighted by Crippen LogP contribution is -2.40. The zero-order valence-electron chi connectivity index (χ0n) is 10.8. The third-order valence-electron chi connectivity index (χ3n) is 3.68. The Morgan fingerprint density at radius 2 is 1.95 bits per heavy atom. The van der Waals surface area contributed by atoms with Crippen molar-refractivity contribution >= 4 is 29.1 Å². The average molecular weight is 302 g/mol. The molecule has 3 nitrogen and oxygen atoms in total. The summed E-state index contributed by atoms with van der Waals surface area (Å²) in [5, 5.41) is 10.4. The summed E-state index contributed by atoms with van der Waals surface area (Å²) in [6.07, 6.45) is 1.37. The Bertz CT molecular complexity index is 469. The molecule has 0 spiro atoms. The number of carbonyl (C=O) groups excluding carboxylic acids is 1. The molecule has 0 aliphatic carbocycles. The fourth-order valence-electron chi connectivity index (χ4n) is 2.40. The largest absolute Gasteiger partial charge is 0.393 e. The summed E-state index contributed by atoms with van der Waals surface area (Å²) < 4.78 is 0. The van der Waals surface area contributed by atoms with E-state index < -0.39 is 0 Å². The molecule has 0 bridgehead atoms. The minimum Gasteiger partial charge on any atom is -0.393 e. The zero-order valence-corrected chi connectivity index (χ0v) is 12.3. The van der Waals surface area contributed by atoms with Crippen LogP contribution in [0.2, 0.25) is 10.0 Å². The van der Waals surface area contributed by atoms with Crippen molar-refractivity contribution < 1.29 is 9.90 Å². The summed E-state index contributed by atoms with van der Waals surface area (Å²) >= 11 is 11.8. The Morgan fingerprint density at radius 1 is 1.32 bits per heavy atom. The highest BCUT2D eigenvalue weighted by molar-refractivity contribution is 6.42. The standard InChI is InChI=1S/C14H17Cl2NO2/c1-9(18)10-4-6-17(7-5-10)14(19)11-2-3-12(15)13(16)8-11/h2-3,8-10,18H,4-7H2,1H3. The summed E-state index contributed by atoms with van der Waals surface area (Å²) in [5.74, 6) is 0.264. The number of aliphatic hydroxyl groups is 1. The fourth-order valence-corrected chi connectivity index (χ4v) is 2.69. The number of hydrogen-bond acceptors (Lipinski definition) is 2. The van der Waals surface area contributed by atoms with Gasteiger partial charge in [0.15, 0.2) is 0 Å². The van der Waals surface area contributed by atoms with Crippen LogP contribution in [-0.2, 0) is 0 Å². The van der Waals surface area contributed by atoms with E-state index in [0.717, 1.165) is 12.8 Å². The molecule has 1 N–H and O–H groups in total. The van der Waals surface area contributed by atoms with E-state index in [1.807, 2.05) is 0 Å². The van der Waals surface area contributed by atoms with E-state index >= 15 is 0 Å². The summed E-state index contributed by atoms with van der Waals surface area (Å²) in [5.41, 5.74) is 0.560. The number of nitrogens with zero attached hydrogens (tertiary/aromatic N) is 1. The summed E-state index contributed by atoms with van der Waals surface area (Å²) in [6.45, 7) is 3.16. The first-order chi connectivity index (χ1) is 8.99. The predicted octanol–water partition coefficient (Wildman–Crippen LogP) is 3.23. The van der Waals surface area contributed by atoms with Crippen molar-refractivity contribution in [2.45, 2.75) is 25.9 Å². The molecule has 5 heteroatoms. The highest BCUT2D eigenvalue weighted by atomic mass is 35.5. The smallest absolute Gasteiger partial charge is 0.253 e. The van der Waals surface area contributed by atoms with Gasteiger partial charge < -0.3 is 10.0 Å². The Labute approximate surface area is 123 Å². The van der Waals surface area contributed by atoms with Gasteiger partial charge in [-0.05, 0) is 43.9 Å². The maximum Gasteiger partial charge on any atom is 0.253 e. The molecule has 1 aliphatic heterocycles. The van der Waals surface area contributed by atoms with Gasteiger partial charge in [0, 0.05) is 18.7 Å². The van der Waals surface area contributed by atoms with Crippen LogP contribution in [0, 0.1) is 5.92 Å². The van der Waals surface area contributed by atoms with Crippen molar-refractivity contribution in [1.29, 1.82) is 0 Å². The van der Waals surface area contributed by atoms with Crippen molar-refractivity contribution in [3.63, 3.8) is 0 Å². The van der Waals surface area contributed by atoms with Gasteiger partial charge in [0.05, 0.1) is 16.1 Å². The third kappa shape index (κ3) is 3.41. The van der Waals surface area contributed by atoms with Gasteiger partial charge in [0.25, 0.3) is 5.91 Å². The SMILES string of the molecule is CC(O)C1CCN(C(=O)c2ccc(Cl)c(Cl)c2)CC1. The maximum absolute atomic E-state index is 12.3. The number of carbonyl (C=O) groups is 1. The lowest BCUT2D eigenvalue weighted by Gasteiger charge is -2.33. The van der Waals surface area contributed by atoms with Crippen LogP contribution in [0.15, 0.2) is 18.2 Å². The van der Waals surface area contributed by atoms with Gasteiger partial charge in [-0.1, -0.05) is 23.2 Å². The Kier molecular flexibility index (Phi) is 4.71. The number of aliphatic hydroxyl groups excluding tert-OH is 1. The summed E-state index contributed by atoms with van der Waals surface area (Å²) in [6, 6.07) is 4.93. The van der Waals surface area contributed by atoms with Crippen molar-refractivity contribution in [3.05, 3.63) is 33.8 Å². The minimum atomic E-state index is -0.303. The van der Waals surface area contributed by atoms with Crippen LogP contribution in [0.5, 0.6) is 0 Å². The lowest BCUT2D eigenvalue weighted by atomic mass is 9.92. The van der Waals surface area contributed by atoms with Crippen molar-refractivity contribution in [3.8, 4) is 0 Å². The molecule has 1 aliphatic rings. The highest BCUT2D eigenvalue weighted by Crippen LogP contribution is 2.25. The normalized spacial score (nSPS) is 18.4. The molecule has 0 saturated carbocycles. The van der Waals surface area contributed by atoms with Gasteiger partial charge in [0.2, 0.25) is 0 Å². The highest BCUT2D eigenvalue weighted by Gasteiger charge is 2.26. The number of halogens is 2. The summed E-state index contributed by atoms with van der Waals surface area (Å²) in [7, 11) is 0. The average Bonchev–Trinajstić information content (AvgIpc) is 2.41. The number of likely N-dealkylation sites (tertiary alicyclic amines) is 1. The van der Waals surface area contributed by atoms with E-state index in [2.05, 4.69) is 0 Å². The molecule has 19 heavy (non-hydrogen) atoms. The molecule has 1 unspecified atom stereocenters. The molecule has 1 amide bonds. The topological polar surface area (TPSA) is 40.5 Å². The molecule has 104 valence electrons. The van der Waals surface area contributed by atoms with Gasteiger partial charge in [-0.3, -0.25) is 4.79 Å². The van der Waals surface area contributed by atoms with Gasteiger partial charge in [0.1, 0.15) is 0 Å². The van der Waals surface area contributed by atoms with E-state index in [0.29, 0.717) is 28.7 Å². The number of amides is 1. The first kappa shape index (κ1) is 14.6. The predicted molar refractivity (Wildman–Crippen MR) is 76.8 cm³/mol. The number of hydrogen-bond donors (Lipinski definition) is 1. The molecule has 0 radical (unpaired) electrons.